The maximum Gasteiger partial charge on any atom is 0.264 e. The van der Waals surface area contributed by atoms with Crippen LogP contribution >= 0.6 is 0 Å². The quantitative estimate of drug-likeness (QED) is 0.792. The predicted octanol–water partition coefficient (Wildman–Crippen LogP) is 2.56. The minimum atomic E-state index is -3.71. The van der Waals surface area contributed by atoms with Crippen molar-refractivity contribution >= 4 is 15.8 Å². The van der Waals surface area contributed by atoms with Gasteiger partial charge < -0.3 is 0 Å². The largest absolute Gasteiger partial charge is 0.264 e. The molecule has 0 saturated heterocycles. The van der Waals surface area contributed by atoms with Crippen LogP contribution in [0.1, 0.15) is 17.7 Å². The number of sulfonamides is 1. The lowest BCUT2D eigenvalue weighted by Crippen LogP contribution is -2.17. The summed E-state index contributed by atoms with van der Waals surface area (Å²) in [6.07, 6.45) is 5.58. The van der Waals surface area contributed by atoms with Gasteiger partial charge in [0, 0.05) is 18.0 Å². The van der Waals surface area contributed by atoms with Gasteiger partial charge in [-0.25, -0.2) is 13.1 Å². The van der Waals surface area contributed by atoms with E-state index in [1.807, 2.05) is 30.3 Å². The molecule has 0 radical (unpaired) electrons. The molecular weight excluding hydrogens is 324 g/mol. The number of pyridine rings is 1. The van der Waals surface area contributed by atoms with Gasteiger partial charge in [-0.3, -0.25) is 9.71 Å². The van der Waals surface area contributed by atoms with Crippen molar-refractivity contribution in [3.8, 4) is 5.69 Å². The van der Waals surface area contributed by atoms with E-state index < -0.39 is 10.0 Å². The van der Waals surface area contributed by atoms with Crippen molar-refractivity contribution < 1.29 is 8.42 Å². The molecule has 0 aliphatic heterocycles. The molecule has 122 valence electrons. The van der Waals surface area contributed by atoms with Crippen LogP contribution in [-0.4, -0.2) is 23.2 Å². The first kappa shape index (κ1) is 14.9. The Bertz CT molecular complexity index is 967. The van der Waals surface area contributed by atoms with Crippen LogP contribution in [0.25, 0.3) is 5.69 Å². The lowest BCUT2D eigenvalue weighted by molar-refractivity contribution is 0.600. The average Bonchev–Trinajstić information content (AvgIpc) is 3.19. The molecule has 1 aromatic carbocycles. The van der Waals surface area contributed by atoms with Crippen LogP contribution in [0, 0.1) is 0 Å². The second kappa shape index (κ2) is 5.76. The average molecular weight is 340 g/mol. The fourth-order valence-corrected chi connectivity index (χ4v) is 3.98. The lowest BCUT2D eigenvalue weighted by Gasteiger charge is -2.12. The first-order valence-corrected chi connectivity index (χ1v) is 9.22. The predicted molar refractivity (Wildman–Crippen MR) is 90.6 cm³/mol. The summed E-state index contributed by atoms with van der Waals surface area (Å²) in [6, 6.07) is 12.7. The fraction of sp³-hybridized carbons (Fsp3) is 0.176. The molecule has 2 heterocycles. The van der Waals surface area contributed by atoms with Crippen LogP contribution in [0.15, 0.2) is 59.8 Å². The molecule has 7 heteroatoms. The third-order valence-electron chi connectivity index (χ3n) is 4.08. The Kier molecular flexibility index (Phi) is 3.57. The minimum absolute atomic E-state index is 0.137. The van der Waals surface area contributed by atoms with Crippen molar-refractivity contribution in [2.75, 3.05) is 4.72 Å². The number of rotatable bonds is 4. The topological polar surface area (TPSA) is 76.9 Å². The molecule has 6 nitrogen and oxygen atoms in total. The van der Waals surface area contributed by atoms with E-state index in [-0.39, 0.29) is 4.90 Å². The van der Waals surface area contributed by atoms with Crippen molar-refractivity contribution in [3.05, 3.63) is 66.1 Å². The van der Waals surface area contributed by atoms with Gasteiger partial charge in [0.05, 0.1) is 11.4 Å². The van der Waals surface area contributed by atoms with E-state index in [1.165, 1.54) is 12.3 Å². The van der Waals surface area contributed by atoms with Gasteiger partial charge in [0.15, 0.2) is 0 Å². The fourth-order valence-electron chi connectivity index (χ4n) is 2.94. The van der Waals surface area contributed by atoms with Gasteiger partial charge >= 0.3 is 0 Å². The Morgan fingerprint density at radius 1 is 1.04 bits per heavy atom. The Hall–Kier alpha value is -2.67. The summed E-state index contributed by atoms with van der Waals surface area (Å²) >= 11 is 0. The molecule has 24 heavy (non-hydrogen) atoms. The number of aryl methyl sites for hydroxylation is 1. The first-order valence-electron chi connectivity index (χ1n) is 7.74. The number of hydrogen-bond acceptors (Lipinski definition) is 4. The molecule has 0 unspecified atom stereocenters. The zero-order valence-corrected chi connectivity index (χ0v) is 13.7. The SMILES string of the molecule is O=S(=O)(Nc1c2c(nn1-c1ccccc1)CCC2)c1cccnc1. The van der Waals surface area contributed by atoms with E-state index in [9.17, 15) is 8.42 Å². The van der Waals surface area contributed by atoms with Crippen LogP contribution in [0.5, 0.6) is 0 Å². The Morgan fingerprint density at radius 3 is 2.62 bits per heavy atom. The third kappa shape index (κ3) is 2.56. The minimum Gasteiger partial charge on any atom is -0.263 e. The number of aromatic nitrogens is 3. The number of anilines is 1. The van der Waals surface area contributed by atoms with Crippen LogP contribution in [0.3, 0.4) is 0 Å². The second-order valence-electron chi connectivity index (χ2n) is 5.67. The molecule has 1 N–H and O–H groups in total. The van der Waals surface area contributed by atoms with Crippen molar-refractivity contribution in [1.29, 1.82) is 0 Å². The summed E-state index contributed by atoms with van der Waals surface area (Å²) < 4.78 is 29.8. The van der Waals surface area contributed by atoms with Gasteiger partial charge in [-0.1, -0.05) is 18.2 Å². The standard InChI is InChI=1S/C17H16N4O2S/c22-24(23,14-8-5-11-18-12-14)20-17-15-9-4-10-16(15)19-21(17)13-6-2-1-3-7-13/h1-3,5-8,11-12,20H,4,9-10H2. The molecule has 2 aromatic heterocycles. The molecule has 1 aliphatic rings. The highest BCUT2D eigenvalue weighted by atomic mass is 32.2. The van der Waals surface area contributed by atoms with Gasteiger partial charge in [-0.2, -0.15) is 5.10 Å². The maximum atomic E-state index is 12.7. The highest BCUT2D eigenvalue weighted by molar-refractivity contribution is 7.92. The number of para-hydroxylation sites is 1. The van der Waals surface area contributed by atoms with Crippen molar-refractivity contribution in [2.45, 2.75) is 24.2 Å². The number of nitrogens with one attached hydrogen (secondary N) is 1. The Labute approximate surface area is 140 Å². The third-order valence-corrected chi connectivity index (χ3v) is 5.41. The highest BCUT2D eigenvalue weighted by Crippen LogP contribution is 2.32. The van der Waals surface area contributed by atoms with Gasteiger partial charge in [0.2, 0.25) is 0 Å². The molecule has 0 spiro atoms. The van der Waals surface area contributed by atoms with Crippen LogP contribution in [0.4, 0.5) is 5.82 Å². The molecule has 0 saturated carbocycles. The van der Waals surface area contributed by atoms with Crippen LogP contribution in [-0.2, 0) is 22.9 Å². The maximum absolute atomic E-state index is 12.7. The summed E-state index contributed by atoms with van der Waals surface area (Å²) in [5.41, 5.74) is 2.77. The zero-order valence-electron chi connectivity index (χ0n) is 12.9. The molecule has 0 amide bonds. The smallest absolute Gasteiger partial charge is 0.263 e. The Balaban J connectivity index is 1.81. The molecule has 4 rings (SSSR count). The van der Waals surface area contributed by atoms with E-state index in [2.05, 4.69) is 14.8 Å². The van der Waals surface area contributed by atoms with Gasteiger partial charge in [-0.15, -0.1) is 0 Å². The zero-order chi connectivity index (χ0) is 16.6. The lowest BCUT2D eigenvalue weighted by atomic mass is 10.2. The summed E-state index contributed by atoms with van der Waals surface area (Å²) in [4.78, 5) is 4.03. The van der Waals surface area contributed by atoms with E-state index >= 15 is 0 Å². The van der Waals surface area contributed by atoms with E-state index in [4.69, 9.17) is 0 Å². The van der Waals surface area contributed by atoms with Gasteiger partial charge in [0.25, 0.3) is 10.0 Å². The monoisotopic (exact) mass is 340 g/mol. The molecule has 1 aliphatic carbocycles. The van der Waals surface area contributed by atoms with Crippen molar-refractivity contribution in [3.63, 3.8) is 0 Å². The Morgan fingerprint density at radius 2 is 1.88 bits per heavy atom. The highest BCUT2D eigenvalue weighted by Gasteiger charge is 2.26. The van der Waals surface area contributed by atoms with Crippen molar-refractivity contribution in [2.24, 2.45) is 0 Å². The second-order valence-corrected chi connectivity index (χ2v) is 7.35. The number of benzene rings is 1. The number of hydrogen-bond donors (Lipinski definition) is 1. The molecular formula is C17H16N4O2S. The van der Waals surface area contributed by atoms with E-state index in [0.29, 0.717) is 5.82 Å². The van der Waals surface area contributed by atoms with Crippen LogP contribution in [0.2, 0.25) is 0 Å². The molecule has 0 bridgehead atoms. The number of nitrogens with zero attached hydrogens (tertiary/aromatic N) is 3. The summed E-state index contributed by atoms with van der Waals surface area (Å²) in [5.74, 6) is 0.526. The van der Waals surface area contributed by atoms with E-state index in [0.717, 1.165) is 36.2 Å². The normalized spacial score (nSPS) is 13.7. The number of fused-ring (bicyclic) bond motifs is 1. The van der Waals surface area contributed by atoms with Crippen molar-refractivity contribution in [1.82, 2.24) is 14.8 Å². The summed E-state index contributed by atoms with van der Waals surface area (Å²) in [6.45, 7) is 0. The van der Waals surface area contributed by atoms with Gasteiger partial charge in [-0.05, 0) is 43.5 Å². The summed E-state index contributed by atoms with van der Waals surface area (Å²) in [5, 5.41) is 4.61. The summed E-state index contributed by atoms with van der Waals surface area (Å²) in [7, 11) is -3.71. The molecule has 0 atom stereocenters. The van der Waals surface area contributed by atoms with Gasteiger partial charge in [0.1, 0.15) is 10.7 Å². The molecule has 3 aromatic rings. The van der Waals surface area contributed by atoms with E-state index in [1.54, 1.807) is 16.9 Å². The first-order chi connectivity index (χ1) is 11.6. The van der Waals surface area contributed by atoms with Crippen LogP contribution < -0.4 is 4.72 Å². The molecule has 0 fully saturated rings.